The molecule has 0 aliphatic heterocycles. The molecule has 1 unspecified atom stereocenters. The average Bonchev–Trinajstić information content (AvgIpc) is 2.04. The number of halogens is 1. The zero-order valence-electron chi connectivity index (χ0n) is 6.62. The summed E-state index contributed by atoms with van der Waals surface area (Å²) in [5.41, 5.74) is 5.09. The number of carbonyl (C=O) groups is 1. The number of ketones is 1. The topological polar surface area (TPSA) is 56.0 Å². The molecule has 4 heteroatoms. The molecule has 1 rings (SSSR count). The first kappa shape index (κ1) is 8.80. The normalized spacial score (nSPS) is 12.6. The van der Waals surface area contributed by atoms with Crippen LogP contribution in [0.1, 0.15) is 17.4 Å². The van der Waals surface area contributed by atoms with E-state index in [0.29, 0.717) is 0 Å². The molecule has 3 nitrogen and oxygen atoms in total. The molecule has 0 radical (unpaired) electrons. The van der Waals surface area contributed by atoms with Crippen LogP contribution in [0, 0.1) is 5.82 Å². The Hall–Kier alpha value is -1.29. The van der Waals surface area contributed by atoms with Crippen molar-refractivity contribution in [2.75, 3.05) is 0 Å². The number of Topliss-reactive ketones (excluding diaryl/α,β-unsaturated/α-hetero) is 1. The van der Waals surface area contributed by atoms with E-state index in [0.717, 1.165) is 0 Å². The van der Waals surface area contributed by atoms with Crippen LogP contribution < -0.4 is 5.73 Å². The molecule has 0 fully saturated rings. The van der Waals surface area contributed by atoms with Crippen LogP contribution in [0.3, 0.4) is 0 Å². The first-order valence-electron chi connectivity index (χ1n) is 3.53. The second kappa shape index (κ2) is 3.40. The van der Waals surface area contributed by atoms with Crippen LogP contribution in [-0.4, -0.2) is 16.8 Å². The van der Waals surface area contributed by atoms with Gasteiger partial charge in [-0.3, -0.25) is 4.79 Å². The summed E-state index contributed by atoms with van der Waals surface area (Å²) in [5, 5.41) is 0. The van der Waals surface area contributed by atoms with Crippen molar-refractivity contribution in [2.45, 2.75) is 13.0 Å². The van der Waals surface area contributed by atoms with Crippen LogP contribution in [0.4, 0.5) is 4.39 Å². The lowest BCUT2D eigenvalue weighted by atomic mass is 10.1. The zero-order chi connectivity index (χ0) is 9.14. The molecule has 0 aliphatic carbocycles. The number of carbonyl (C=O) groups excluding carboxylic acids is 1. The van der Waals surface area contributed by atoms with Crippen molar-refractivity contribution in [2.24, 2.45) is 5.73 Å². The molecule has 0 aliphatic rings. The lowest BCUT2D eigenvalue weighted by molar-refractivity contribution is 0.0958. The van der Waals surface area contributed by atoms with Crippen LogP contribution in [0.25, 0.3) is 0 Å². The van der Waals surface area contributed by atoms with Gasteiger partial charge < -0.3 is 5.73 Å². The van der Waals surface area contributed by atoms with Crippen LogP contribution in [0.15, 0.2) is 18.3 Å². The number of nitrogens with zero attached hydrogens (tertiary/aromatic N) is 1. The van der Waals surface area contributed by atoms with Crippen molar-refractivity contribution < 1.29 is 9.18 Å². The van der Waals surface area contributed by atoms with E-state index in [1.807, 2.05) is 0 Å². The SMILES string of the molecule is CC(N)C(=O)c1ncccc1F. The molecule has 64 valence electrons. The highest BCUT2D eigenvalue weighted by molar-refractivity contribution is 5.98. The number of pyridine rings is 1. The van der Waals surface area contributed by atoms with Crippen LogP contribution in [-0.2, 0) is 0 Å². The fraction of sp³-hybridized carbons (Fsp3) is 0.250. The fourth-order valence-electron chi connectivity index (χ4n) is 0.783. The average molecular weight is 168 g/mol. The van der Waals surface area contributed by atoms with Crippen molar-refractivity contribution in [3.8, 4) is 0 Å². The maximum Gasteiger partial charge on any atom is 0.200 e. The van der Waals surface area contributed by atoms with Crippen molar-refractivity contribution in [3.63, 3.8) is 0 Å². The molecule has 0 amide bonds. The van der Waals surface area contributed by atoms with Gasteiger partial charge in [0.25, 0.3) is 0 Å². The molecule has 1 aromatic rings. The van der Waals surface area contributed by atoms with Gasteiger partial charge in [-0.25, -0.2) is 9.37 Å². The molecular formula is C8H9FN2O. The Kier molecular flexibility index (Phi) is 2.50. The molecule has 1 aromatic heterocycles. The number of aromatic nitrogens is 1. The smallest absolute Gasteiger partial charge is 0.200 e. The van der Waals surface area contributed by atoms with E-state index in [2.05, 4.69) is 4.98 Å². The molecular weight excluding hydrogens is 159 g/mol. The third kappa shape index (κ3) is 1.65. The largest absolute Gasteiger partial charge is 0.321 e. The van der Waals surface area contributed by atoms with E-state index in [4.69, 9.17) is 5.73 Å². The highest BCUT2D eigenvalue weighted by Crippen LogP contribution is 2.04. The Bertz CT molecular complexity index is 299. The number of hydrogen-bond donors (Lipinski definition) is 1. The third-order valence-electron chi connectivity index (χ3n) is 1.41. The highest BCUT2D eigenvalue weighted by atomic mass is 19.1. The quantitative estimate of drug-likeness (QED) is 0.663. The fourth-order valence-corrected chi connectivity index (χ4v) is 0.783. The Morgan fingerprint density at radius 3 is 2.92 bits per heavy atom. The Labute approximate surface area is 69.4 Å². The van der Waals surface area contributed by atoms with Crippen LogP contribution in [0.5, 0.6) is 0 Å². The lowest BCUT2D eigenvalue weighted by Gasteiger charge is -2.02. The number of nitrogens with two attached hydrogens (primary N) is 1. The number of hydrogen-bond acceptors (Lipinski definition) is 3. The van der Waals surface area contributed by atoms with Gasteiger partial charge in [-0.1, -0.05) is 0 Å². The predicted octanol–water partition coefficient (Wildman–Crippen LogP) is 0.751. The summed E-state index contributed by atoms with van der Waals surface area (Å²) >= 11 is 0. The van der Waals surface area contributed by atoms with Gasteiger partial charge in [-0.05, 0) is 19.1 Å². The predicted molar refractivity (Wildman–Crippen MR) is 42.2 cm³/mol. The van der Waals surface area contributed by atoms with E-state index >= 15 is 0 Å². The van der Waals surface area contributed by atoms with Crippen molar-refractivity contribution in [1.82, 2.24) is 4.98 Å². The summed E-state index contributed by atoms with van der Waals surface area (Å²) in [7, 11) is 0. The van der Waals surface area contributed by atoms with Crippen LogP contribution >= 0.6 is 0 Å². The second-order valence-corrected chi connectivity index (χ2v) is 2.49. The summed E-state index contributed by atoms with van der Waals surface area (Å²) in [5.74, 6) is -1.10. The summed E-state index contributed by atoms with van der Waals surface area (Å²) in [6.07, 6.45) is 1.36. The Morgan fingerprint density at radius 2 is 2.42 bits per heavy atom. The Balaban J connectivity index is 3.03. The minimum atomic E-state index is -0.714. The Morgan fingerprint density at radius 1 is 1.75 bits per heavy atom. The van der Waals surface area contributed by atoms with E-state index in [-0.39, 0.29) is 5.69 Å². The molecule has 0 spiro atoms. The maximum absolute atomic E-state index is 12.9. The van der Waals surface area contributed by atoms with Gasteiger partial charge in [-0.2, -0.15) is 0 Å². The summed E-state index contributed by atoms with van der Waals surface area (Å²) < 4.78 is 12.9. The first-order chi connectivity index (χ1) is 5.63. The zero-order valence-corrected chi connectivity index (χ0v) is 6.62. The standard InChI is InChI=1S/C8H9FN2O/c1-5(10)8(12)7-6(9)3-2-4-11-7/h2-5H,10H2,1H3. The summed E-state index contributed by atoms with van der Waals surface area (Å²) in [4.78, 5) is 14.7. The summed E-state index contributed by atoms with van der Waals surface area (Å²) in [6.45, 7) is 1.50. The molecule has 0 saturated heterocycles. The van der Waals surface area contributed by atoms with Gasteiger partial charge >= 0.3 is 0 Å². The third-order valence-corrected chi connectivity index (χ3v) is 1.41. The van der Waals surface area contributed by atoms with Gasteiger partial charge in [0, 0.05) is 6.20 Å². The molecule has 1 heterocycles. The lowest BCUT2D eigenvalue weighted by Crippen LogP contribution is -2.28. The van der Waals surface area contributed by atoms with Crippen molar-refractivity contribution in [1.29, 1.82) is 0 Å². The van der Waals surface area contributed by atoms with Gasteiger partial charge in [0.1, 0.15) is 5.69 Å². The van der Waals surface area contributed by atoms with Gasteiger partial charge in [-0.15, -0.1) is 0 Å². The van der Waals surface area contributed by atoms with Crippen LogP contribution in [0.2, 0.25) is 0 Å². The van der Waals surface area contributed by atoms with Crippen molar-refractivity contribution in [3.05, 3.63) is 29.8 Å². The first-order valence-corrected chi connectivity index (χ1v) is 3.53. The minimum Gasteiger partial charge on any atom is -0.321 e. The number of rotatable bonds is 2. The molecule has 0 bridgehead atoms. The monoisotopic (exact) mass is 168 g/mol. The molecule has 0 saturated carbocycles. The summed E-state index contributed by atoms with van der Waals surface area (Å²) in [6, 6.07) is 1.89. The van der Waals surface area contributed by atoms with Gasteiger partial charge in [0.2, 0.25) is 5.78 Å². The van der Waals surface area contributed by atoms with Gasteiger partial charge in [0.15, 0.2) is 5.82 Å². The molecule has 2 N–H and O–H groups in total. The van der Waals surface area contributed by atoms with E-state index in [1.165, 1.54) is 25.3 Å². The molecule has 0 aromatic carbocycles. The highest BCUT2D eigenvalue weighted by Gasteiger charge is 2.15. The second-order valence-electron chi connectivity index (χ2n) is 2.49. The molecule has 1 atom stereocenters. The molecule has 12 heavy (non-hydrogen) atoms. The maximum atomic E-state index is 12.9. The van der Waals surface area contributed by atoms with E-state index in [9.17, 15) is 9.18 Å². The van der Waals surface area contributed by atoms with E-state index in [1.54, 1.807) is 0 Å². The minimum absolute atomic E-state index is 0.187. The van der Waals surface area contributed by atoms with Gasteiger partial charge in [0.05, 0.1) is 6.04 Å². The van der Waals surface area contributed by atoms with Crippen molar-refractivity contribution >= 4 is 5.78 Å². The van der Waals surface area contributed by atoms with E-state index < -0.39 is 17.6 Å².